The van der Waals surface area contributed by atoms with Crippen molar-refractivity contribution in [1.29, 1.82) is 0 Å². The average Bonchev–Trinajstić information content (AvgIpc) is 2.97. The molecule has 3 rings (SSSR count). The number of aromatic nitrogens is 2. The second kappa shape index (κ2) is 4.98. The fourth-order valence-electron chi connectivity index (χ4n) is 2.56. The van der Waals surface area contributed by atoms with E-state index in [2.05, 4.69) is 33.0 Å². The lowest BCUT2D eigenvalue weighted by molar-refractivity contribution is 0.352. The van der Waals surface area contributed by atoms with Gasteiger partial charge in [-0.3, -0.25) is 0 Å². The van der Waals surface area contributed by atoms with E-state index in [0.29, 0.717) is 0 Å². The smallest absolute Gasteiger partial charge is 0.125 e. The van der Waals surface area contributed by atoms with Gasteiger partial charge in [0.05, 0.1) is 12.6 Å². The molecule has 4 nitrogen and oxygen atoms in total. The Kier molecular flexibility index (Phi) is 3.33. The lowest BCUT2D eigenvalue weighted by Crippen LogP contribution is -2.18. The maximum atomic E-state index is 6.26. The van der Waals surface area contributed by atoms with Crippen molar-refractivity contribution in [2.45, 2.75) is 18.9 Å². The summed E-state index contributed by atoms with van der Waals surface area (Å²) < 4.78 is 8.77. The molecule has 0 radical (unpaired) electrons. The van der Waals surface area contributed by atoms with Crippen molar-refractivity contribution in [1.82, 2.24) is 9.55 Å². The van der Waals surface area contributed by atoms with E-state index in [1.807, 2.05) is 17.8 Å². The molecule has 1 aromatic heterocycles. The van der Waals surface area contributed by atoms with Gasteiger partial charge >= 0.3 is 0 Å². The lowest BCUT2D eigenvalue weighted by Gasteiger charge is -2.14. The normalized spacial score (nSPS) is 15.1. The quantitative estimate of drug-likeness (QED) is 0.944. The Morgan fingerprint density at radius 3 is 3.11 bits per heavy atom. The summed E-state index contributed by atoms with van der Waals surface area (Å²) in [7, 11) is 1.96. The summed E-state index contributed by atoms with van der Waals surface area (Å²) in [5.41, 5.74) is 8.67. The van der Waals surface area contributed by atoms with Crippen LogP contribution in [0.25, 0.3) is 0 Å². The molecule has 0 fully saturated rings. The Hall–Kier alpha value is -1.33. The van der Waals surface area contributed by atoms with Gasteiger partial charge in [-0.25, -0.2) is 4.98 Å². The zero-order valence-electron chi connectivity index (χ0n) is 10.8. The summed E-state index contributed by atoms with van der Waals surface area (Å²) in [6.07, 6.45) is 5.39. The van der Waals surface area contributed by atoms with Crippen molar-refractivity contribution in [3.63, 3.8) is 0 Å². The molecule has 1 atom stereocenters. The minimum atomic E-state index is -0.123. The number of hydrogen-bond acceptors (Lipinski definition) is 3. The summed E-state index contributed by atoms with van der Waals surface area (Å²) in [6.45, 7) is 0.760. The molecule has 1 aliphatic heterocycles. The van der Waals surface area contributed by atoms with Crippen LogP contribution in [-0.2, 0) is 19.9 Å². The molecule has 0 saturated heterocycles. The van der Waals surface area contributed by atoms with Crippen LogP contribution in [0, 0.1) is 0 Å². The van der Waals surface area contributed by atoms with Crippen LogP contribution in [0.5, 0.6) is 5.75 Å². The van der Waals surface area contributed by atoms with E-state index in [-0.39, 0.29) is 6.04 Å². The lowest BCUT2D eigenvalue weighted by atomic mass is 10.0. The zero-order valence-corrected chi connectivity index (χ0v) is 12.4. The van der Waals surface area contributed by atoms with E-state index in [4.69, 9.17) is 10.5 Å². The molecule has 1 unspecified atom stereocenters. The Labute approximate surface area is 120 Å². The molecular weight excluding hydrogens is 306 g/mol. The molecular formula is C14H16BrN3O. The van der Waals surface area contributed by atoms with Crippen molar-refractivity contribution in [3.05, 3.63) is 46.0 Å². The first kappa shape index (κ1) is 12.7. The first-order chi connectivity index (χ1) is 9.15. The monoisotopic (exact) mass is 321 g/mol. The predicted octanol–water partition coefficient (Wildman–Crippen LogP) is 2.36. The molecule has 0 spiro atoms. The summed E-state index contributed by atoms with van der Waals surface area (Å²) in [6, 6.07) is 4.09. The number of hydrogen-bond donors (Lipinski definition) is 1. The minimum absolute atomic E-state index is 0.123. The van der Waals surface area contributed by atoms with Crippen LogP contribution in [0.2, 0.25) is 0 Å². The standard InChI is InChI=1S/C14H16BrN3O/c1-18-4-3-17-14(18)12(16)8-10-7-11(15)6-9-2-5-19-13(9)10/h3-4,6-7,12H,2,5,8,16H2,1H3. The number of fused-ring (bicyclic) bond motifs is 1. The fraction of sp³-hybridized carbons (Fsp3) is 0.357. The van der Waals surface area contributed by atoms with E-state index in [1.54, 1.807) is 6.20 Å². The average molecular weight is 322 g/mol. The molecule has 2 heterocycles. The highest BCUT2D eigenvalue weighted by atomic mass is 79.9. The molecule has 2 N–H and O–H groups in total. The summed E-state index contributed by atoms with van der Waals surface area (Å²) in [5.74, 6) is 1.90. The van der Waals surface area contributed by atoms with Crippen LogP contribution in [0.4, 0.5) is 0 Å². The number of ether oxygens (including phenoxy) is 1. The van der Waals surface area contributed by atoms with E-state index in [0.717, 1.165) is 41.1 Å². The molecule has 2 aromatic rings. The molecule has 19 heavy (non-hydrogen) atoms. The van der Waals surface area contributed by atoms with E-state index in [9.17, 15) is 0 Å². The Morgan fingerprint density at radius 1 is 1.53 bits per heavy atom. The molecule has 100 valence electrons. The Morgan fingerprint density at radius 2 is 2.37 bits per heavy atom. The first-order valence-electron chi connectivity index (χ1n) is 6.32. The maximum Gasteiger partial charge on any atom is 0.125 e. The maximum absolute atomic E-state index is 6.26. The molecule has 0 bridgehead atoms. The van der Waals surface area contributed by atoms with Gasteiger partial charge in [-0.15, -0.1) is 0 Å². The molecule has 0 amide bonds. The van der Waals surface area contributed by atoms with E-state index in [1.165, 1.54) is 5.56 Å². The molecule has 5 heteroatoms. The van der Waals surface area contributed by atoms with Gasteiger partial charge in [0, 0.05) is 30.3 Å². The number of aryl methyl sites for hydroxylation is 1. The van der Waals surface area contributed by atoms with Gasteiger partial charge < -0.3 is 15.0 Å². The van der Waals surface area contributed by atoms with Crippen molar-refractivity contribution >= 4 is 15.9 Å². The highest BCUT2D eigenvalue weighted by Crippen LogP contribution is 2.34. The number of benzene rings is 1. The number of rotatable bonds is 3. The summed E-state index contributed by atoms with van der Waals surface area (Å²) in [5, 5.41) is 0. The van der Waals surface area contributed by atoms with Crippen LogP contribution in [0.15, 0.2) is 29.0 Å². The number of nitrogens with two attached hydrogens (primary N) is 1. The van der Waals surface area contributed by atoms with Crippen LogP contribution < -0.4 is 10.5 Å². The third kappa shape index (κ3) is 2.40. The van der Waals surface area contributed by atoms with Crippen molar-refractivity contribution in [2.75, 3.05) is 6.61 Å². The van der Waals surface area contributed by atoms with E-state index < -0.39 is 0 Å². The van der Waals surface area contributed by atoms with Crippen LogP contribution in [-0.4, -0.2) is 16.2 Å². The molecule has 1 aromatic carbocycles. The second-order valence-electron chi connectivity index (χ2n) is 4.86. The van der Waals surface area contributed by atoms with Crippen LogP contribution in [0.1, 0.15) is 23.0 Å². The van der Waals surface area contributed by atoms with Gasteiger partial charge in [0.1, 0.15) is 11.6 Å². The molecule has 0 saturated carbocycles. The largest absolute Gasteiger partial charge is 0.493 e. The minimum Gasteiger partial charge on any atom is -0.493 e. The number of halogens is 1. The van der Waals surface area contributed by atoms with Crippen molar-refractivity contribution in [2.24, 2.45) is 12.8 Å². The Bertz CT molecular complexity index is 609. The predicted molar refractivity (Wildman–Crippen MR) is 77.2 cm³/mol. The molecule has 0 aliphatic carbocycles. The van der Waals surface area contributed by atoms with E-state index >= 15 is 0 Å². The number of nitrogens with zero attached hydrogens (tertiary/aromatic N) is 2. The highest BCUT2D eigenvalue weighted by Gasteiger charge is 2.20. The van der Waals surface area contributed by atoms with Gasteiger partial charge in [-0.05, 0) is 29.7 Å². The van der Waals surface area contributed by atoms with Crippen LogP contribution >= 0.6 is 15.9 Å². The second-order valence-corrected chi connectivity index (χ2v) is 5.77. The Balaban J connectivity index is 1.90. The number of imidazole rings is 1. The van der Waals surface area contributed by atoms with Crippen molar-refractivity contribution < 1.29 is 4.74 Å². The summed E-state index contributed by atoms with van der Waals surface area (Å²) in [4.78, 5) is 4.31. The fourth-order valence-corrected chi connectivity index (χ4v) is 3.11. The first-order valence-corrected chi connectivity index (χ1v) is 7.11. The van der Waals surface area contributed by atoms with Gasteiger partial charge in [0.15, 0.2) is 0 Å². The van der Waals surface area contributed by atoms with Gasteiger partial charge in [0.2, 0.25) is 0 Å². The third-order valence-electron chi connectivity index (χ3n) is 3.46. The SMILES string of the molecule is Cn1ccnc1C(N)Cc1cc(Br)cc2c1OCC2. The molecule has 1 aliphatic rings. The van der Waals surface area contributed by atoms with Crippen LogP contribution in [0.3, 0.4) is 0 Å². The highest BCUT2D eigenvalue weighted by molar-refractivity contribution is 9.10. The van der Waals surface area contributed by atoms with Gasteiger partial charge in [0.25, 0.3) is 0 Å². The zero-order chi connectivity index (χ0) is 13.4. The van der Waals surface area contributed by atoms with Crippen molar-refractivity contribution in [3.8, 4) is 5.75 Å². The van der Waals surface area contributed by atoms with Gasteiger partial charge in [-0.2, -0.15) is 0 Å². The third-order valence-corrected chi connectivity index (χ3v) is 3.91. The summed E-state index contributed by atoms with van der Waals surface area (Å²) >= 11 is 3.55. The van der Waals surface area contributed by atoms with Gasteiger partial charge in [-0.1, -0.05) is 15.9 Å². The topological polar surface area (TPSA) is 53.1 Å².